The average Bonchev–Trinajstić information content (AvgIpc) is 2.81. The second-order valence-electron chi connectivity index (χ2n) is 8.44. The number of sulfonamides is 1. The van der Waals surface area contributed by atoms with Gasteiger partial charge in [0.1, 0.15) is 0 Å². The predicted octanol–water partition coefficient (Wildman–Crippen LogP) is 2.94. The third-order valence-corrected chi connectivity index (χ3v) is 6.98. The van der Waals surface area contributed by atoms with Crippen molar-refractivity contribution in [2.45, 2.75) is 39.3 Å². The zero-order chi connectivity index (χ0) is 23.7. The number of hydrogen-bond donors (Lipinski definition) is 1. The molecule has 1 aliphatic rings. The summed E-state index contributed by atoms with van der Waals surface area (Å²) in [4.78, 5) is 14.7. The molecule has 3 rings (SSSR count). The third kappa shape index (κ3) is 8.14. The summed E-state index contributed by atoms with van der Waals surface area (Å²) in [6.07, 6.45) is 2.82. The zero-order valence-corrected chi connectivity index (χ0v) is 20.4. The number of aryl methyl sites for hydroxylation is 1. The quantitative estimate of drug-likeness (QED) is 0.543. The van der Waals surface area contributed by atoms with E-state index in [-0.39, 0.29) is 18.9 Å². The van der Waals surface area contributed by atoms with Gasteiger partial charge < -0.3 is 10.1 Å². The molecule has 0 aliphatic carbocycles. The highest BCUT2D eigenvalue weighted by Crippen LogP contribution is 2.19. The molecule has 7 nitrogen and oxygen atoms in total. The van der Waals surface area contributed by atoms with E-state index in [0.29, 0.717) is 18.7 Å². The van der Waals surface area contributed by atoms with Gasteiger partial charge in [0.05, 0.1) is 25.2 Å². The Hall–Kier alpha value is -2.42. The molecule has 0 unspecified atom stereocenters. The highest BCUT2D eigenvalue weighted by molar-refractivity contribution is 7.92. The lowest BCUT2D eigenvalue weighted by Gasteiger charge is -2.26. The molecule has 0 radical (unpaired) electrons. The second kappa shape index (κ2) is 12.2. The molecule has 0 spiro atoms. The van der Waals surface area contributed by atoms with Crippen molar-refractivity contribution >= 4 is 21.6 Å². The van der Waals surface area contributed by atoms with Gasteiger partial charge in [0.25, 0.3) is 0 Å². The summed E-state index contributed by atoms with van der Waals surface area (Å²) in [7, 11) is -3.42. The Morgan fingerprint density at radius 3 is 2.42 bits per heavy atom. The van der Waals surface area contributed by atoms with Crippen LogP contribution in [0.5, 0.6) is 0 Å². The fraction of sp³-hybridized carbons (Fsp3) is 0.480. The smallest absolute Gasteiger partial charge is 0.232 e. The van der Waals surface area contributed by atoms with Crippen LogP contribution in [0.4, 0.5) is 5.69 Å². The van der Waals surface area contributed by atoms with Gasteiger partial charge in [0, 0.05) is 39.1 Å². The summed E-state index contributed by atoms with van der Waals surface area (Å²) >= 11 is 0. The van der Waals surface area contributed by atoms with Crippen molar-refractivity contribution < 1.29 is 17.9 Å². The number of ether oxygens (including phenoxy) is 1. The van der Waals surface area contributed by atoms with Crippen molar-refractivity contribution in [3.8, 4) is 0 Å². The largest absolute Gasteiger partial charge is 0.379 e. The number of amides is 1. The number of carbonyl (C=O) groups is 1. The molecule has 33 heavy (non-hydrogen) atoms. The molecule has 1 amide bonds. The number of rotatable bonds is 11. The molecule has 1 fully saturated rings. The summed E-state index contributed by atoms with van der Waals surface area (Å²) in [5.74, 6) is -0.0802. The maximum Gasteiger partial charge on any atom is 0.232 e. The number of morpholine rings is 1. The van der Waals surface area contributed by atoms with Gasteiger partial charge in [0.15, 0.2) is 0 Å². The number of benzene rings is 2. The molecular formula is C25H35N3O4S. The molecule has 1 saturated heterocycles. The highest BCUT2D eigenvalue weighted by atomic mass is 32.2. The van der Waals surface area contributed by atoms with Crippen molar-refractivity contribution in [2.24, 2.45) is 0 Å². The second-order valence-corrected chi connectivity index (χ2v) is 10.4. The Bertz CT molecular complexity index is 1000. The lowest BCUT2D eigenvalue weighted by molar-refractivity contribution is -0.121. The van der Waals surface area contributed by atoms with Gasteiger partial charge in [-0.3, -0.25) is 14.0 Å². The number of hydrogen-bond acceptors (Lipinski definition) is 5. The van der Waals surface area contributed by atoms with Gasteiger partial charge in [-0.1, -0.05) is 43.3 Å². The number of nitrogens with one attached hydrogen (secondary N) is 1. The SMILES string of the molecule is CCc1ccc(N(CCCC(=O)NCc2cccc(CN3CCOCC3)c2)S(C)(=O)=O)cc1. The molecule has 2 aromatic carbocycles. The molecule has 1 heterocycles. The minimum atomic E-state index is -3.42. The van der Waals surface area contributed by atoms with Gasteiger partial charge in [-0.05, 0) is 41.7 Å². The van der Waals surface area contributed by atoms with Crippen molar-refractivity contribution in [1.29, 1.82) is 0 Å². The molecule has 1 N–H and O–H groups in total. The summed E-state index contributed by atoms with van der Waals surface area (Å²) < 4.78 is 31.3. The Labute approximate surface area is 197 Å². The Balaban J connectivity index is 1.46. The van der Waals surface area contributed by atoms with Gasteiger partial charge in [-0.2, -0.15) is 0 Å². The van der Waals surface area contributed by atoms with Crippen LogP contribution in [-0.4, -0.2) is 58.3 Å². The molecule has 2 aromatic rings. The molecule has 1 aliphatic heterocycles. The molecular weight excluding hydrogens is 438 g/mol. The van der Waals surface area contributed by atoms with E-state index >= 15 is 0 Å². The van der Waals surface area contributed by atoms with Crippen LogP contribution in [-0.2, 0) is 39.1 Å². The Kier molecular flexibility index (Phi) is 9.29. The van der Waals surface area contributed by atoms with Crippen molar-refractivity contribution in [1.82, 2.24) is 10.2 Å². The molecule has 0 atom stereocenters. The first-order valence-corrected chi connectivity index (χ1v) is 13.4. The van der Waals surface area contributed by atoms with Crippen molar-refractivity contribution in [2.75, 3.05) is 43.4 Å². The van der Waals surface area contributed by atoms with Crippen LogP contribution >= 0.6 is 0 Å². The number of nitrogens with zero attached hydrogens (tertiary/aromatic N) is 2. The van der Waals surface area contributed by atoms with Gasteiger partial charge in [-0.15, -0.1) is 0 Å². The van der Waals surface area contributed by atoms with E-state index in [0.717, 1.165) is 50.4 Å². The maximum absolute atomic E-state index is 12.4. The molecule has 0 aromatic heterocycles. The highest BCUT2D eigenvalue weighted by Gasteiger charge is 2.17. The van der Waals surface area contributed by atoms with E-state index in [1.165, 1.54) is 16.1 Å². The van der Waals surface area contributed by atoms with Crippen LogP contribution in [0.25, 0.3) is 0 Å². The molecule has 0 bridgehead atoms. The lowest BCUT2D eigenvalue weighted by Crippen LogP contribution is -2.35. The fourth-order valence-electron chi connectivity index (χ4n) is 3.91. The minimum Gasteiger partial charge on any atom is -0.379 e. The average molecular weight is 474 g/mol. The van der Waals surface area contributed by atoms with E-state index < -0.39 is 10.0 Å². The zero-order valence-electron chi connectivity index (χ0n) is 19.6. The number of carbonyl (C=O) groups excluding carboxylic acids is 1. The summed E-state index contributed by atoms with van der Waals surface area (Å²) in [6.45, 7) is 7.10. The maximum atomic E-state index is 12.4. The van der Waals surface area contributed by atoms with Crippen molar-refractivity contribution in [3.05, 3.63) is 65.2 Å². The van der Waals surface area contributed by atoms with E-state index in [1.807, 2.05) is 36.4 Å². The van der Waals surface area contributed by atoms with Gasteiger partial charge >= 0.3 is 0 Å². The normalized spacial score (nSPS) is 14.7. The summed E-state index contributed by atoms with van der Waals surface area (Å²) in [6, 6.07) is 15.8. The van der Waals surface area contributed by atoms with Crippen LogP contribution in [0.1, 0.15) is 36.5 Å². The Morgan fingerprint density at radius 2 is 1.76 bits per heavy atom. The standard InChI is InChI=1S/C25H35N3O4S/c1-3-21-9-11-24(12-10-21)28(33(2,30)31)13-5-8-25(29)26-19-22-6-4-7-23(18-22)20-27-14-16-32-17-15-27/h4,6-7,9-12,18H,3,5,8,13-17,19-20H2,1-2H3,(H,26,29). The van der Waals surface area contributed by atoms with E-state index in [4.69, 9.17) is 4.74 Å². The fourth-order valence-corrected chi connectivity index (χ4v) is 4.88. The monoisotopic (exact) mass is 473 g/mol. The first kappa shape index (κ1) is 25.2. The molecule has 180 valence electrons. The predicted molar refractivity (Wildman–Crippen MR) is 132 cm³/mol. The van der Waals surface area contributed by atoms with Gasteiger partial charge in [0.2, 0.25) is 15.9 Å². The first-order valence-electron chi connectivity index (χ1n) is 11.6. The van der Waals surface area contributed by atoms with Crippen LogP contribution in [0.3, 0.4) is 0 Å². The lowest BCUT2D eigenvalue weighted by atomic mass is 10.1. The molecule has 0 saturated carbocycles. The van der Waals surface area contributed by atoms with Crippen LogP contribution in [0, 0.1) is 0 Å². The van der Waals surface area contributed by atoms with Gasteiger partial charge in [-0.25, -0.2) is 8.42 Å². The first-order chi connectivity index (χ1) is 15.8. The summed E-state index contributed by atoms with van der Waals surface area (Å²) in [5, 5.41) is 2.96. The Morgan fingerprint density at radius 1 is 1.06 bits per heavy atom. The van der Waals surface area contributed by atoms with E-state index in [9.17, 15) is 13.2 Å². The number of anilines is 1. The third-order valence-electron chi connectivity index (χ3n) is 5.79. The topological polar surface area (TPSA) is 79.0 Å². The minimum absolute atomic E-state index is 0.0802. The van der Waals surface area contributed by atoms with E-state index in [2.05, 4.69) is 29.3 Å². The van der Waals surface area contributed by atoms with Crippen LogP contribution in [0.15, 0.2) is 48.5 Å². The van der Waals surface area contributed by atoms with Crippen LogP contribution in [0.2, 0.25) is 0 Å². The van der Waals surface area contributed by atoms with E-state index in [1.54, 1.807) is 0 Å². The molecule has 8 heteroatoms. The van der Waals surface area contributed by atoms with Crippen molar-refractivity contribution in [3.63, 3.8) is 0 Å². The van der Waals surface area contributed by atoms with Crippen LogP contribution < -0.4 is 9.62 Å². The summed E-state index contributed by atoms with van der Waals surface area (Å²) in [5.41, 5.74) is 4.07.